The summed E-state index contributed by atoms with van der Waals surface area (Å²) in [4.78, 5) is 10.2. The Kier molecular flexibility index (Phi) is 4.20. The number of anilines is 1. The van der Waals surface area contributed by atoms with Crippen LogP contribution in [0.25, 0.3) is 0 Å². The number of nitrogens with one attached hydrogen (secondary N) is 2. The summed E-state index contributed by atoms with van der Waals surface area (Å²) in [5.74, 6) is 0. The Balaban J connectivity index is 2.39. The van der Waals surface area contributed by atoms with Crippen molar-refractivity contribution in [3.05, 3.63) is 28.3 Å². The molecule has 0 heterocycles. The minimum absolute atomic E-state index is 0.290. The Morgan fingerprint density at radius 3 is 2.52 bits per heavy atom. The van der Waals surface area contributed by atoms with E-state index < -0.39 is 26.2 Å². The number of nitrogens with zero attached hydrogens (tertiary/aromatic N) is 1. The van der Waals surface area contributed by atoms with Crippen LogP contribution >= 0.6 is 0 Å². The standard InChI is InChI=1S/C13H19N3O4S/c1-3-14-10-5-6-12(11(9-10)16(17)18)21(19,20)15-13(2)7-4-8-13/h5-6,9,14-15H,3-4,7-8H2,1-2H3. The highest BCUT2D eigenvalue weighted by Crippen LogP contribution is 2.34. The van der Waals surface area contributed by atoms with E-state index in [-0.39, 0.29) is 4.90 Å². The molecule has 1 saturated carbocycles. The lowest BCUT2D eigenvalue weighted by atomic mass is 9.80. The normalized spacial score (nSPS) is 17.0. The van der Waals surface area contributed by atoms with Crippen molar-refractivity contribution >= 4 is 21.4 Å². The zero-order valence-corrected chi connectivity index (χ0v) is 12.9. The molecular formula is C13H19N3O4S. The lowest BCUT2D eigenvalue weighted by molar-refractivity contribution is -0.387. The maximum Gasteiger partial charge on any atom is 0.291 e. The smallest absolute Gasteiger partial charge is 0.291 e. The minimum Gasteiger partial charge on any atom is -0.385 e. The Morgan fingerprint density at radius 1 is 1.38 bits per heavy atom. The fourth-order valence-electron chi connectivity index (χ4n) is 2.39. The van der Waals surface area contributed by atoms with Crippen LogP contribution in [0.1, 0.15) is 33.1 Å². The third-order valence-corrected chi connectivity index (χ3v) is 5.35. The van der Waals surface area contributed by atoms with Gasteiger partial charge in [0.1, 0.15) is 0 Å². The average molecular weight is 313 g/mol. The molecule has 1 aromatic rings. The van der Waals surface area contributed by atoms with Gasteiger partial charge in [-0.3, -0.25) is 10.1 Å². The molecule has 2 N–H and O–H groups in total. The second-order valence-corrected chi connectivity index (χ2v) is 7.14. The van der Waals surface area contributed by atoms with E-state index in [0.717, 1.165) is 19.3 Å². The van der Waals surface area contributed by atoms with Crippen molar-refractivity contribution in [3.8, 4) is 0 Å². The molecule has 1 aliphatic carbocycles. The first-order valence-corrected chi connectivity index (χ1v) is 8.32. The molecule has 21 heavy (non-hydrogen) atoms. The van der Waals surface area contributed by atoms with Gasteiger partial charge >= 0.3 is 0 Å². The molecule has 0 atom stereocenters. The summed E-state index contributed by atoms with van der Waals surface area (Å²) in [5, 5.41) is 14.1. The molecule has 116 valence electrons. The van der Waals surface area contributed by atoms with Crippen LogP contribution in [0.4, 0.5) is 11.4 Å². The Hall–Kier alpha value is -1.67. The summed E-state index contributed by atoms with van der Waals surface area (Å²) in [6.07, 6.45) is 2.45. The first-order chi connectivity index (χ1) is 9.77. The van der Waals surface area contributed by atoms with E-state index in [2.05, 4.69) is 10.0 Å². The van der Waals surface area contributed by atoms with Crippen LogP contribution in [0.2, 0.25) is 0 Å². The van der Waals surface area contributed by atoms with Crippen LogP contribution in [0, 0.1) is 10.1 Å². The number of hydrogen-bond acceptors (Lipinski definition) is 5. The van der Waals surface area contributed by atoms with Gasteiger partial charge in [-0.15, -0.1) is 0 Å². The fraction of sp³-hybridized carbons (Fsp3) is 0.538. The summed E-state index contributed by atoms with van der Waals surface area (Å²) in [7, 11) is -3.91. The molecule has 0 saturated heterocycles. The molecule has 0 radical (unpaired) electrons. The van der Waals surface area contributed by atoms with Crippen molar-refractivity contribution in [1.82, 2.24) is 4.72 Å². The fourth-order valence-corrected chi connectivity index (χ4v) is 4.01. The molecule has 8 heteroatoms. The van der Waals surface area contributed by atoms with Crippen LogP contribution in [0.3, 0.4) is 0 Å². The van der Waals surface area contributed by atoms with Gasteiger partial charge in [-0.05, 0) is 45.2 Å². The minimum atomic E-state index is -3.91. The van der Waals surface area contributed by atoms with Crippen LogP contribution < -0.4 is 10.0 Å². The van der Waals surface area contributed by atoms with Crippen molar-refractivity contribution in [2.75, 3.05) is 11.9 Å². The summed E-state index contributed by atoms with van der Waals surface area (Å²) in [5.41, 5.74) is -0.380. The third kappa shape index (κ3) is 3.33. The van der Waals surface area contributed by atoms with E-state index in [4.69, 9.17) is 0 Å². The van der Waals surface area contributed by atoms with Crippen molar-refractivity contribution in [2.45, 2.75) is 43.5 Å². The quantitative estimate of drug-likeness (QED) is 0.619. The molecular weight excluding hydrogens is 294 g/mol. The van der Waals surface area contributed by atoms with Crippen LogP contribution in [0.15, 0.2) is 23.1 Å². The summed E-state index contributed by atoms with van der Waals surface area (Å²) in [6, 6.07) is 4.07. The van der Waals surface area contributed by atoms with Gasteiger partial charge in [0.15, 0.2) is 4.90 Å². The van der Waals surface area contributed by atoms with Crippen LogP contribution in [-0.4, -0.2) is 25.4 Å². The molecule has 7 nitrogen and oxygen atoms in total. The molecule has 0 bridgehead atoms. The maximum absolute atomic E-state index is 12.4. The number of hydrogen-bond donors (Lipinski definition) is 2. The van der Waals surface area contributed by atoms with Gasteiger partial charge in [0.25, 0.3) is 5.69 Å². The number of sulfonamides is 1. The molecule has 1 aromatic carbocycles. The van der Waals surface area contributed by atoms with E-state index in [1.54, 1.807) is 0 Å². The number of nitro groups is 1. The maximum atomic E-state index is 12.4. The zero-order valence-electron chi connectivity index (χ0n) is 12.0. The molecule has 1 fully saturated rings. The van der Waals surface area contributed by atoms with E-state index in [1.165, 1.54) is 18.2 Å². The Bertz CT molecular complexity index is 653. The molecule has 1 aliphatic rings. The molecule has 0 unspecified atom stereocenters. The average Bonchev–Trinajstić information content (AvgIpc) is 2.36. The topological polar surface area (TPSA) is 101 Å². The van der Waals surface area contributed by atoms with Gasteiger partial charge < -0.3 is 5.32 Å². The first kappa shape index (κ1) is 15.7. The van der Waals surface area contributed by atoms with E-state index >= 15 is 0 Å². The SMILES string of the molecule is CCNc1ccc(S(=O)(=O)NC2(C)CCC2)c([N+](=O)[O-])c1. The molecule has 0 aromatic heterocycles. The van der Waals surface area contributed by atoms with Gasteiger partial charge in [0.05, 0.1) is 4.92 Å². The van der Waals surface area contributed by atoms with E-state index in [9.17, 15) is 18.5 Å². The number of rotatable bonds is 6. The monoisotopic (exact) mass is 313 g/mol. The summed E-state index contributed by atoms with van der Waals surface area (Å²) in [6.45, 7) is 4.27. The lowest BCUT2D eigenvalue weighted by Crippen LogP contribution is -2.50. The lowest BCUT2D eigenvalue weighted by Gasteiger charge is -2.38. The first-order valence-electron chi connectivity index (χ1n) is 6.84. The van der Waals surface area contributed by atoms with Crippen LogP contribution in [-0.2, 0) is 10.0 Å². The largest absolute Gasteiger partial charge is 0.385 e. The zero-order chi connectivity index (χ0) is 15.7. The Labute approximate surface area is 123 Å². The second-order valence-electron chi connectivity index (χ2n) is 5.49. The molecule has 0 aliphatic heterocycles. The van der Waals surface area contributed by atoms with E-state index in [1.807, 2.05) is 13.8 Å². The van der Waals surface area contributed by atoms with Crippen molar-refractivity contribution in [2.24, 2.45) is 0 Å². The van der Waals surface area contributed by atoms with E-state index in [0.29, 0.717) is 12.2 Å². The van der Waals surface area contributed by atoms with Gasteiger partial charge in [0, 0.05) is 23.8 Å². The summed E-state index contributed by atoms with van der Waals surface area (Å²) >= 11 is 0. The Morgan fingerprint density at radius 2 is 2.05 bits per heavy atom. The van der Waals surface area contributed by atoms with Gasteiger partial charge in [-0.2, -0.15) is 0 Å². The number of benzene rings is 1. The molecule has 2 rings (SSSR count). The van der Waals surface area contributed by atoms with Gasteiger partial charge in [0.2, 0.25) is 10.0 Å². The second kappa shape index (κ2) is 5.61. The predicted molar refractivity (Wildman–Crippen MR) is 79.8 cm³/mol. The summed E-state index contributed by atoms with van der Waals surface area (Å²) < 4.78 is 27.4. The van der Waals surface area contributed by atoms with Crippen molar-refractivity contribution < 1.29 is 13.3 Å². The highest BCUT2D eigenvalue weighted by molar-refractivity contribution is 7.89. The molecule has 0 spiro atoms. The van der Waals surface area contributed by atoms with Gasteiger partial charge in [-0.1, -0.05) is 0 Å². The van der Waals surface area contributed by atoms with Crippen molar-refractivity contribution in [1.29, 1.82) is 0 Å². The van der Waals surface area contributed by atoms with Crippen LogP contribution in [0.5, 0.6) is 0 Å². The van der Waals surface area contributed by atoms with Crippen molar-refractivity contribution in [3.63, 3.8) is 0 Å². The van der Waals surface area contributed by atoms with Gasteiger partial charge in [-0.25, -0.2) is 13.1 Å². The highest BCUT2D eigenvalue weighted by atomic mass is 32.2. The third-order valence-electron chi connectivity index (χ3n) is 3.66. The predicted octanol–water partition coefficient (Wildman–Crippen LogP) is 2.25. The molecule has 0 amide bonds. The highest BCUT2D eigenvalue weighted by Gasteiger charge is 2.38. The number of nitro benzene ring substituents is 1.